The predicted octanol–water partition coefficient (Wildman–Crippen LogP) is 2.31. The number of carbonyl (C=O) groups is 1. The molecule has 11 heteroatoms. The van der Waals surface area contributed by atoms with Gasteiger partial charge in [0.05, 0.1) is 22.9 Å². The fourth-order valence-electron chi connectivity index (χ4n) is 2.28. The first-order valence-corrected chi connectivity index (χ1v) is 9.00. The van der Waals surface area contributed by atoms with E-state index in [0.29, 0.717) is 33.8 Å². The summed E-state index contributed by atoms with van der Waals surface area (Å²) in [6.07, 6.45) is 1.59. The summed E-state index contributed by atoms with van der Waals surface area (Å²) in [5.41, 5.74) is 7.70. The number of benzene rings is 1. The molecule has 0 bridgehead atoms. The lowest BCUT2D eigenvalue weighted by atomic mass is 10.3. The van der Waals surface area contributed by atoms with E-state index in [-0.39, 0.29) is 0 Å². The van der Waals surface area contributed by atoms with Gasteiger partial charge >= 0.3 is 0 Å². The molecule has 1 aromatic carbocycles. The Morgan fingerprint density at radius 3 is 2.93 bits per heavy atom. The Morgan fingerprint density at radius 1 is 1.36 bits per heavy atom. The average Bonchev–Trinajstić information content (AvgIpc) is 3.07. The highest BCUT2D eigenvalue weighted by Gasteiger charge is 2.17. The number of thiazole rings is 1. The third-order valence-electron chi connectivity index (χ3n) is 3.66. The Balaban J connectivity index is 1.82. The van der Waals surface area contributed by atoms with Gasteiger partial charge in [0.15, 0.2) is 5.13 Å². The van der Waals surface area contributed by atoms with Gasteiger partial charge in [0.1, 0.15) is 11.7 Å². The highest BCUT2D eigenvalue weighted by atomic mass is 32.1. The van der Waals surface area contributed by atoms with Gasteiger partial charge in [0, 0.05) is 11.9 Å². The van der Waals surface area contributed by atoms with Crippen LogP contribution in [0.25, 0.3) is 10.6 Å². The molecular formula is C17H17N7O3S. The largest absolute Gasteiger partial charge is 0.394 e. The number of aliphatic hydroxyl groups is 1. The van der Waals surface area contributed by atoms with Crippen molar-refractivity contribution in [2.75, 3.05) is 17.2 Å². The van der Waals surface area contributed by atoms with Gasteiger partial charge in [-0.2, -0.15) is 0 Å². The molecule has 0 aliphatic heterocycles. The van der Waals surface area contributed by atoms with Crippen LogP contribution in [0.4, 0.5) is 22.5 Å². The third-order valence-corrected chi connectivity index (χ3v) is 4.75. The standard InChI is InChI=1S/C17H17N7O3S/c1-9-14(28-17(20-9)23-15(26)12(18)8-25)13-5-6-19-16(22-13)21-10-3-2-4-11(7-10)24-27/h2-7,12,25H,8,18H2,1H3,(H,19,21,22)(H,20,23,26)/t12-/m0/s1. The molecule has 10 nitrogen and oxygen atoms in total. The molecule has 28 heavy (non-hydrogen) atoms. The van der Waals surface area contributed by atoms with Crippen molar-refractivity contribution in [3.63, 3.8) is 0 Å². The number of aliphatic hydroxyl groups excluding tert-OH is 1. The molecule has 5 N–H and O–H groups in total. The molecule has 1 atom stereocenters. The third kappa shape index (κ3) is 4.52. The number of nitrogens with one attached hydrogen (secondary N) is 2. The summed E-state index contributed by atoms with van der Waals surface area (Å²) in [5.74, 6) is -0.183. The molecule has 0 fully saturated rings. The summed E-state index contributed by atoms with van der Waals surface area (Å²) in [6, 6.07) is 7.34. The fraction of sp³-hybridized carbons (Fsp3) is 0.176. The van der Waals surface area contributed by atoms with E-state index in [1.165, 1.54) is 11.3 Å². The normalized spacial score (nSPS) is 11.7. The van der Waals surface area contributed by atoms with Crippen molar-refractivity contribution in [2.45, 2.75) is 13.0 Å². The number of rotatable bonds is 7. The number of carbonyl (C=O) groups excluding carboxylic acids is 1. The Labute approximate surface area is 163 Å². The van der Waals surface area contributed by atoms with Crippen LogP contribution in [-0.2, 0) is 4.79 Å². The van der Waals surface area contributed by atoms with E-state index in [2.05, 4.69) is 30.8 Å². The monoisotopic (exact) mass is 399 g/mol. The second-order valence-corrected chi connectivity index (χ2v) is 6.74. The molecule has 0 aliphatic carbocycles. The first-order valence-electron chi connectivity index (χ1n) is 8.18. The summed E-state index contributed by atoms with van der Waals surface area (Å²) in [6.45, 7) is 1.34. The molecule has 0 saturated carbocycles. The number of aromatic nitrogens is 3. The lowest BCUT2D eigenvalue weighted by Gasteiger charge is -2.06. The summed E-state index contributed by atoms with van der Waals surface area (Å²) < 4.78 is 0. The smallest absolute Gasteiger partial charge is 0.245 e. The zero-order chi connectivity index (χ0) is 20.1. The van der Waals surface area contributed by atoms with Crippen LogP contribution in [0.5, 0.6) is 0 Å². The maximum Gasteiger partial charge on any atom is 0.245 e. The maximum atomic E-state index is 11.8. The van der Waals surface area contributed by atoms with Crippen molar-refractivity contribution in [3.8, 4) is 10.6 Å². The molecular weight excluding hydrogens is 382 g/mol. The molecule has 0 aliphatic rings. The molecule has 0 spiro atoms. The first kappa shape index (κ1) is 19.5. The molecule has 0 saturated heterocycles. The van der Waals surface area contributed by atoms with Gasteiger partial charge in [0.2, 0.25) is 11.9 Å². The number of amides is 1. The van der Waals surface area contributed by atoms with E-state index in [1.807, 2.05) is 0 Å². The zero-order valence-electron chi connectivity index (χ0n) is 14.8. The number of aryl methyl sites for hydroxylation is 1. The van der Waals surface area contributed by atoms with Gasteiger partial charge in [-0.25, -0.2) is 15.0 Å². The molecule has 2 heterocycles. The van der Waals surface area contributed by atoms with Gasteiger partial charge in [-0.1, -0.05) is 17.4 Å². The minimum Gasteiger partial charge on any atom is -0.394 e. The van der Waals surface area contributed by atoms with E-state index in [9.17, 15) is 9.70 Å². The van der Waals surface area contributed by atoms with Crippen LogP contribution >= 0.6 is 11.3 Å². The van der Waals surface area contributed by atoms with E-state index >= 15 is 0 Å². The zero-order valence-corrected chi connectivity index (χ0v) is 15.6. The topological polar surface area (TPSA) is 155 Å². The van der Waals surface area contributed by atoms with Gasteiger partial charge in [-0.05, 0) is 36.4 Å². The van der Waals surface area contributed by atoms with E-state index in [0.717, 1.165) is 4.88 Å². The number of nitrogens with two attached hydrogens (primary N) is 1. The number of hydrogen-bond acceptors (Lipinski definition) is 10. The minimum atomic E-state index is -1.01. The molecule has 0 unspecified atom stereocenters. The molecule has 3 rings (SSSR count). The molecule has 3 aromatic rings. The van der Waals surface area contributed by atoms with Gasteiger partial charge in [-0.15, -0.1) is 4.91 Å². The Morgan fingerprint density at radius 2 is 2.18 bits per heavy atom. The summed E-state index contributed by atoms with van der Waals surface area (Å²) in [5, 5.41) is 17.8. The second-order valence-electron chi connectivity index (χ2n) is 5.74. The Bertz CT molecular complexity index is 1010. The lowest BCUT2D eigenvalue weighted by molar-refractivity contribution is -0.118. The van der Waals surface area contributed by atoms with E-state index in [1.54, 1.807) is 43.5 Å². The van der Waals surface area contributed by atoms with Crippen molar-refractivity contribution >= 4 is 39.7 Å². The lowest BCUT2D eigenvalue weighted by Crippen LogP contribution is -2.38. The first-order chi connectivity index (χ1) is 13.5. The molecule has 2 aromatic heterocycles. The quantitative estimate of drug-likeness (QED) is 0.441. The van der Waals surface area contributed by atoms with Crippen LogP contribution in [0.2, 0.25) is 0 Å². The molecule has 0 radical (unpaired) electrons. The predicted molar refractivity (Wildman–Crippen MR) is 107 cm³/mol. The van der Waals surface area contributed by atoms with Crippen LogP contribution in [0.1, 0.15) is 5.69 Å². The van der Waals surface area contributed by atoms with E-state index in [4.69, 9.17) is 10.8 Å². The summed E-state index contributed by atoms with van der Waals surface area (Å²) in [7, 11) is 0. The minimum absolute atomic E-state index is 0.293. The van der Waals surface area contributed by atoms with Crippen LogP contribution in [0.15, 0.2) is 41.7 Å². The van der Waals surface area contributed by atoms with Gasteiger partial charge < -0.3 is 21.5 Å². The van der Waals surface area contributed by atoms with Crippen molar-refractivity contribution in [2.24, 2.45) is 10.9 Å². The highest BCUT2D eigenvalue weighted by molar-refractivity contribution is 7.19. The maximum absolute atomic E-state index is 11.8. The van der Waals surface area contributed by atoms with E-state index < -0.39 is 18.6 Å². The second kappa shape index (κ2) is 8.61. The summed E-state index contributed by atoms with van der Waals surface area (Å²) in [4.78, 5) is 36.2. The van der Waals surface area contributed by atoms with Crippen LogP contribution in [0.3, 0.4) is 0 Å². The Kier molecular flexibility index (Phi) is 5.99. The summed E-state index contributed by atoms with van der Waals surface area (Å²) >= 11 is 1.24. The van der Waals surface area contributed by atoms with Crippen LogP contribution in [0, 0.1) is 11.8 Å². The number of anilines is 3. The van der Waals surface area contributed by atoms with Crippen molar-refractivity contribution < 1.29 is 9.90 Å². The molecule has 144 valence electrons. The average molecular weight is 399 g/mol. The van der Waals surface area contributed by atoms with Crippen LogP contribution in [-0.4, -0.2) is 38.6 Å². The molecule has 1 amide bonds. The fourth-order valence-corrected chi connectivity index (χ4v) is 3.22. The SMILES string of the molecule is Cc1nc(NC(=O)[C@@H](N)CO)sc1-c1ccnc(Nc2cccc(N=O)c2)n1. The van der Waals surface area contributed by atoms with Crippen molar-refractivity contribution in [3.05, 3.63) is 47.1 Å². The number of hydrogen-bond donors (Lipinski definition) is 4. The van der Waals surface area contributed by atoms with Crippen molar-refractivity contribution in [1.82, 2.24) is 15.0 Å². The number of nitrogens with zero attached hydrogens (tertiary/aromatic N) is 4. The van der Waals surface area contributed by atoms with Crippen molar-refractivity contribution in [1.29, 1.82) is 0 Å². The highest BCUT2D eigenvalue weighted by Crippen LogP contribution is 2.32. The van der Waals surface area contributed by atoms with Crippen LogP contribution < -0.4 is 16.4 Å². The van der Waals surface area contributed by atoms with Gasteiger partial charge in [-0.3, -0.25) is 4.79 Å². The Hall–Kier alpha value is -3.28. The van der Waals surface area contributed by atoms with Gasteiger partial charge in [0.25, 0.3) is 0 Å². The number of nitroso groups, excluding NO2 is 1.